The number of hydrogen-bond donors (Lipinski definition) is 1. The van der Waals surface area contributed by atoms with Crippen LogP contribution < -0.4 is 10.1 Å². The van der Waals surface area contributed by atoms with Crippen LogP contribution in [0.2, 0.25) is 10.0 Å². The van der Waals surface area contributed by atoms with Gasteiger partial charge in [0.25, 0.3) is 5.91 Å². The summed E-state index contributed by atoms with van der Waals surface area (Å²) in [6.07, 6.45) is -0.470. The van der Waals surface area contributed by atoms with Crippen molar-refractivity contribution in [3.63, 3.8) is 0 Å². The van der Waals surface area contributed by atoms with Gasteiger partial charge in [-0.1, -0.05) is 23.2 Å². The van der Waals surface area contributed by atoms with Crippen molar-refractivity contribution in [2.45, 2.75) is 19.1 Å². The number of halogens is 2. The van der Waals surface area contributed by atoms with E-state index in [4.69, 9.17) is 32.7 Å². The number of rotatable bonds is 5. The van der Waals surface area contributed by atoms with E-state index in [1.165, 1.54) is 0 Å². The van der Waals surface area contributed by atoms with Crippen molar-refractivity contribution in [3.8, 4) is 5.75 Å². The minimum absolute atomic E-state index is 0.153. The maximum Gasteiger partial charge on any atom is 0.260 e. The number of nitrogens with one attached hydrogen (secondary N) is 1. The first-order valence-corrected chi connectivity index (χ1v) is 6.33. The van der Waals surface area contributed by atoms with Gasteiger partial charge in [-0.05, 0) is 25.1 Å². The summed E-state index contributed by atoms with van der Waals surface area (Å²) in [5.74, 6) is 0.239. The van der Waals surface area contributed by atoms with Crippen LogP contribution in [0.5, 0.6) is 5.75 Å². The molecule has 0 radical (unpaired) electrons. The Hall–Kier alpha value is -0.970. The van der Waals surface area contributed by atoms with E-state index in [1.807, 2.05) is 0 Å². The third-order valence-corrected chi connectivity index (χ3v) is 3.00. The molecule has 0 saturated carbocycles. The van der Waals surface area contributed by atoms with Crippen molar-refractivity contribution in [2.24, 2.45) is 0 Å². The topological polar surface area (TPSA) is 50.9 Å². The Morgan fingerprint density at radius 3 is 2.94 bits per heavy atom. The number of carbonyl (C=O) groups is 1. The van der Waals surface area contributed by atoms with E-state index < -0.39 is 6.10 Å². The summed E-state index contributed by atoms with van der Waals surface area (Å²) in [6.45, 7) is 2.88. The average Bonchev–Trinajstić information content (AvgIpc) is 3.13. The van der Waals surface area contributed by atoms with Crippen molar-refractivity contribution in [2.75, 3.05) is 13.2 Å². The van der Waals surface area contributed by atoms with Crippen molar-refractivity contribution < 1.29 is 14.3 Å². The van der Waals surface area contributed by atoms with Gasteiger partial charge in [-0.15, -0.1) is 0 Å². The van der Waals surface area contributed by atoms with Crippen LogP contribution >= 0.6 is 23.2 Å². The summed E-state index contributed by atoms with van der Waals surface area (Å²) >= 11 is 11.7. The van der Waals surface area contributed by atoms with Crippen molar-refractivity contribution in [3.05, 3.63) is 28.2 Å². The molecule has 0 spiro atoms. The van der Waals surface area contributed by atoms with Gasteiger partial charge < -0.3 is 14.8 Å². The number of benzene rings is 1. The molecule has 4 nitrogen and oxygen atoms in total. The second-order valence-corrected chi connectivity index (χ2v) is 4.88. The fourth-order valence-corrected chi connectivity index (χ4v) is 1.81. The third-order valence-electron chi connectivity index (χ3n) is 2.47. The fourth-order valence-electron chi connectivity index (χ4n) is 1.36. The first-order chi connectivity index (χ1) is 8.56. The Morgan fingerprint density at radius 2 is 2.33 bits per heavy atom. The molecule has 0 aliphatic carbocycles. The van der Waals surface area contributed by atoms with Gasteiger partial charge in [0.2, 0.25) is 0 Å². The lowest BCUT2D eigenvalue weighted by molar-refractivity contribution is -0.127. The molecule has 1 amide bonds. The number of ether oxygens (including phenoxy) is 2. The van der Waals surface area contributed by atoms with Gasteiger partial charge in [0.05, 0.1) is 17.7 Å². The predicted octanol–water partition coefficient (Wildman–Crippen LogP) is 2.28. The lowest BCUT2D eigenvalue weighted by Gasteiger charge is -2.15. The molecular formula is C12H13Cl2NO3. The first-order valence-electron chi connectivity index (χ1n) is 5.57. The monoisotopic (exact) mass is 289 g/mol. The summed E-state index contributed by atoms with van der Waals surface area (Å²) in [6, 6.07) is 4.87. The minimum atomic E-state index is -0.623. The molecule has 1 aromatic carbocycles. The quantitative estimate of drug-likeness (QED) is 0.846. The summed E-state index contributed by atoms with van der Waals surface area (Å²) < 4.78 is 10.5. The maximum absolute atomic E-state index is 11.7. The molecule has 2 atom stereocenters. The smallest absolute Gasteiger partial charge is 0.260 e. The van der Waals surface area contributed by atoms with Crippen molar-refractivity contribution >= 4 is 29.1 Å². The van der Waals surface area contributed by atoms with Crippen LogP contribution in [0.4, 0.5) is 0 Å². The molecule has 2 rings (SSSR count). The van der Waals surface area contributed by atoms with Gasteiger partial charge >= 0.3 is 0 Å². The van der Waals surface area contributed by atoms with E-state index in [0.29, 0.717) is 28.9 Å². The lowest BCUT2D eigenvalue weighted by Crippen LogP contribution is -2.38. The maximum atomic E-state index is 11.7. The Labute approximate surface area is 115 Å². The van der Waals surface area contributed by atoms with Crippen LogP contribution in [-0.2, 0) is 9.53 Å². The molecule has 0 bridgehead atoms. The SMILES string of the molecule is C[C@@H](Oc1ccc(Cl)cc1Cl)C(=O)NC[C@H]1CO1. The number of carbonyl (C=O) groups excluding carboxylic acids is 1. The molecule has 6 heteroatoms. The van der Waals surface area contributed by atoms with Crippen LogP contribution in [-0.4, -0.2) is 31.3 Å². The average molecular weight is 290 g/mol. The Kier molecular flexibility index (Phi) is 4.32. The highest BCUT2D eigenvalue weighted by Gasteiger charge is 2.24. The number of amides is 1. The molecule has 1 aromatic rings. The van der Waals surface area contributed by atoms with E-state index in [1.54, 1.807) is 25.1 Å². The highest BCUT2D eigenvalue weighted by atomic mass is 35.5. The van der Waals surface area contributed by atoms with Crippen LogP contribution in [0.25, 0.3) is 0 Å². The first kappa shape index (κ1) is 13.5. The zero-order valence-electron chi connectivity index (χ0n) is 9.78. The predicted molar refractivity (Wildman–Crippen MR) is 69.3 cm³/mol. The highest BCUT2D eigenvalue weighted by molar-refractivity contribution is 6.35. The molecule has 1 aliphatic heterocycles. The van der Waals surface area contributed by atoms with Gasteiger partial charge in [0, 0.05) is 11.6 Å². The molecule has 1 N–H and O–H groups in total. The summed E-state index contributed by atoms with van der Waals surface area (Å²) in [7, 11) is 0. The van der Waals surface area contributed by atoms with Crippen LogP contribution in [0.1, 0.15) is 6.92 Å². The molecule has 0 aromatic heterocycles. The molecule has 1 heterocycles. The van der Waals surface area contributed by atoms with Gasteiger partial charge in [-0.3, -0.25) is 4.79 Å². The van der Waals surface area contributed by atoms with Gasteiger partial charge in [-0.25, -0.2) is 0 Å². The largest absolute Gasteiger partial charge is 0.479 e. The van der Waals surface area contributed by atoms with Gasteiger partial charge in [0.15, 0.2) is 6.10 Å². The standard InChI is InChI=1S/C12H13Cl2NO3/c1-7(12(16)15-5-9-6-17-9)18-11-3-2-8(13)4-10(11)14/h2-4,7,9H,5-6H2,1H3,(H,15,16)/t7-,9+/m1/s1. The third kappa shape index (κ3) is 3.77. The summed E-state index contributed by atoms with van der Waals surface area (Å²) in [4.78, 5) is 11.7. The number of epoxide rings is 1. The lowest BCUT2D eigenvalue weighted by atomic mass is 10.3. The van der Waals surface area contributed by atoms with Crippen molar-refractivity contribution in [1.82, 2.24) is 5.32 Å². The Balaban J connectivity index is 1.88. The zero-order valence-corrected chi connectivity index (χ0v) is 11.3. The van der Waals surface area contributed by atoms with Crippen LogP contribution in [0.15, 0.2) is 18.2 Å². The second-order valence-electron chi connectivity index (χ2n) is 4.04. The molecule has 98 valence electrons. The van der Waals surface area contributed by atoms with E-state index in [-0.39, 0.29) is 12.0 Å². The van der Waals surface area contributed by atoms with Gasteiger partial charge in [0.1, 0.15) is 5.75 Å². The Morgan fingerprint density at radius 1 is 1.61 bits per heavy atom. The van der Waals surface area contributed by atoms with E-state index in [2.05, 4.69) is 5.32 Å². The number of hydrogen-bond acceptors (Lipinski definition) is 3. The molecule has 0 unspecified atom stereocenters. The minimum Gasteiger partial charge on any atom is -0.479 e. The molecular weight excluding hydrogens is 277 g/mol. The zero-order chi connectivity index (χ0) is 13.1. The van der Waals surface area contributed by atoms with E-state index in [0.717, 1.165) is 0 Å². The summed E-state index contributed by atoms with van der Waals surface area (Å²) in [5.41, 5.74) is 0. The molecule has 1 fully saturated rings. The van der Waals surface area contributed by atoms with Crippen LogP contribution in [0, 0.1) is 0 Å². The molecule has 1 saturated heterocycles. The van der Waals surface area contributed by atoms with E-state index >= 15 is 0 Å². The van der Waals surface area contributed by atoms with Crippen LogP contribution in [0.3, 0.4) is 0 Å². The second kappa shape index (κ2) is 5.78. The van der Waals surface area contributed by atoms with Gasteiger partial charge in [-0.2, -0.15) is 0 Å². The molecule has 18 heavy (non-hydrogen) atoms. The van der Waals surface area contributed by atoms with E-state index in [9.17, 15) is 4.79 Å². The van der Waals surface area contributed by atoms with Crippen molar-refractivity contribution in [1.29, 1.82) is 0 Å². The Bertz CT molecular complexity index is 449. The molecule has 1 aliphatic rings. The normalized spacial score (nSPS) is 19.2. The highest BCUT2D eigenvalue weighted by Crippen LogP contribution is 2.28. The summed E-state index contributed by atoms with van der Waals surface area (Å²) in [5, 5.41) is 3.64. The fraction of sp³-hybridized carbons (Fsp3) is 0.417.